The predicted octanol–water partition coefficient (Wildman–Crippen LogP) is 4.00. The van der Waals surface area contributed by atoms with Gasteiger partial charge in [0, 0.05) is 17.1 Å². The molecule has 1 aromatic rings. The second-order valence-electron chi connectivity index (χ2n) is 6.64. The molecule has 4 heteroatoms. The molecule has 3 N–H and O–H groups in total. The number of benzene rings is 1. The Morgan fingerprint density at radius 2 is 2.14 bits per heavy atom. The molecule has 2 aliphatic rings. The van der Waals surface area contributed by atoms with Gasteiger partial charge in [-0.3, -0.25) is 11.3 Å². The molecule has 1 saturated carbocycles. The van der Waals surface area contributed by atoms with E-state index in [1.165, 1.54) is 36.8 Å². The summed E-state index contributed by atoms with van der Waals surface area (Å²) in [6.45, 7) is 3.03. The minimum absolute atomic E-state index is 0.137. The molecule has 1 aliphatic carbocycles. The molecule has 2 atom stereocenters. The van der Waals surface area contributed by atoms with Crippen LogP contribution in [0.2, 0.25) is 0 Å². The highest BCUT2D eigenvalue weighted by atomic mass is 79.9. The van der Waals surface area contributed by atoms with Gasteiger partial charge in [0.1, 0.15) is 0 Å². The maximum absolute atomic E-state index is 6.16. The summed E-state index contributed by atoms with van der Waals surface area (Å²) in [7, 11) is 0. The number of rotatable bonds is 3. The number of ether oxygens (including phenoxy) is 1. The van der Waals surface area contributed by atoms with Crippen molar-refractivity contribution in [2.24, 2.45) is 11.8 Å². The van der Waals surface area contributed by atoms with Gasteiger partial charge in [-0.25, -0.2) is 0 Å². The zero-order valence-corrected chi connectivity index (χ0v) is 14.3. The zero-order chi connectivity index (χ0) is 14.9. The molecule has 1 heterocycles. The summed E-state index contributed by atoms with van der Waals surface area (Å²) in [6.07, 6.45) is 7.28. The number of aryl methyl sites for hydroxylation is 1. The smallest absolute Gasteiger partial charge is 0.0686 e. The van der Waals surface area contributed by atoms with Gasteiger partial charge in [-0.05, 0) is 61.8 Å². The van der Waals surface area contributed by atoms with Crippen LogP contribution in [0.25, 0.3) is 0 Å². The summed E-state index contributed by atoms with van der Waals surface area (Å²) in [5.41, 5.74) is 5.83. The van der Waals surface area contributed by atoms with E-state index in [2.05, 4.69) is 46.5 Å². The molecule has 21 heavy (non-hydrogen) atoms. The van der Waals surface area contributed by atoms with E-state index in [9.17, 15) is 0 Å². The lowest BCUT2D eigenvalue weighted by Gasteiger charge is -2.41. The second kappa shape index (κ2) is 6.37. The molecule has 3 nitrogen and oxygen atoms in total. The topological polar surface area (TPSA) is 47.3 Å². The molecule has 1 spiro atoms. The Morgan fingerprint density at radius 1 is 1.38 bits per heavy atom. The Labute approximate surface area is 135 Å². The Kier molecular flexibility index (Phi) is 4.69. The summed E-state index contributed by atoms with van der Waals surface area (Å²) in [4.78, 5) is 0. The van der Waals surface area contributed by atoms with E-state index in [-0.39, 0.29) is 11.6 Å². The van der Waals surface area contributed by atoms with Crippen molar-refractivity contribution in [2.75, 3.05) is 6.61 Å². The number of hydrazine groups is 1. The molecule has 3 rings (SSSR count). The lowest BCUT2D eigenvalue weighted by molar-refractivity contribution is -0.0982. The number of hydrogen-bond acceptors (Lipinski definition) is 3. The van der Waals surface area contributed by atoms with E-state index in [1.54, 1.807) is 0 Å². The minimum atomic E-state index is 0.137. The van der Waals surface area contributed by atoms with E-state index >= 15 is 0 Å². The standard InChI is InChI=1S/C17H25BrN2O/c1-12-4-5-14(18)10-15(12)16(20-19)13-6-9-21-17(11-13)7-2-3-8-17/h4-5,10,13,16,20H,2-3,6-9,11,19H2,1H3. The van der Waals surface area contributed by atoms with E-state index in [0.717, 1.165) is 23.9 Å². The fourth-order valence-electron chi connectivity index (χ4n) is 4.14. The molecule has 0 bridgehead atoms. The molecular weight excluding hydrogens is 328 g/mol. The first kappa shape index (κ1) is 15.5. The van der Waals surface area contributed by atoms with Gasteiger partial charge in [0.25, 0.3) is 0 Å². The minimum Gasteiger partial charge on any atom is -0.375 e. The molecule has 116 valence electrons. The first-order valence-electron chi connectivity index (χ1n) is 8.00. The summed E-state index contributed by atoms with van der Waals surface area (Å²) in [6, 6.07) is 6.67. The first-order valence-corrected chi connectivity index (χ1v) is 8.79. The summed E-state index contributed by atoms with van der Waals surface area (Å²) in [5, 5.41) is 0. The summed E-state index contributed by atoms with van der Waals surface area (Å²) in [5.74, 6) is 6.49. The quantitative estimate of drug-likeness (QED) is 0.638. The largest absolute Gasteiger partial charge is 0.375 e. The monoisotopic (exact) mass is 352 g/mol. The third kappa shape index (κ3) is 3.19. The van der Waals surface area contributed by atoms with Crippen LogP contribution < -0.4 is 11.3 Å². The van der Waals surface area contributed by atoms with Crippen molar-refractivity contribution in [3.05, 3.63) is 33.8 Å². The van der Waals surface area contributed by atoms with Crippen molar-refractivity contribution in [3.63, 3.8) is 0 Å². The Hall–Kier alpha value is -0.420. The van der Waals surface area contributed by atoms with Crippen LogP contribution >= 0.6 is 15.9 Å². The van der Waals surface area contributed by atoms with E-state index in [1.807, 2.05) is 0 Å². The van der Waals surface area contributed by atoms with Crippen LogP contribution in [0, 0.1) is 12.8 Å². The number of nitrogens with two attached hydrogens (primary N) is 1. The van der Waals surface area contributed by atoms with Crippen LogP contribution in [0.5, 0.6) is 0 Å². The lowest BCUT2D eigenvalue weighted by atomic mass is 9.78. The van der Waals surface area contributed by atoms with Crippen LogP contribution in [0.1, 0.15) is 55.7 Å². The summed E-state index contributed by atoms with van der Waals surface area (Å²) < 4.78 is 7.28. The zero-order valence-electron chi connectivity index (χ0n) is 12.7. The van der Waals surface area contributed by atoms with Crippen molar-refractivity contribution in [1.29, 1.82) is 0 Å². The van der Waals surface area contributed by atoms with Crippen LogP contribution in [-0.4, -0.2) is 12.2 Å². The van der Waals surface area contributed by atoms with Gasteiger partial charge < -0.3 is 4.74 Å². The van der Waals surface area contributed by atoms with Gasteiger partial charge in [-0.1, -0.05) is 34.8 Å². The van der Waals surface area contributed by atoms with Gasteiger partial charge in [-0.2, -0.15) is 0 Å². The second-order valence-corrected chi connectivity index (χ2v) is 7.55. The van der Waals surface area contributed by atoms with Crippen molar-refractivity contribution in [1.82, 2.24) is 5.43 Å². The maximum atomic E-state index is 6.16. The van der Waals surface area contributed by atoms with Gasteiger partial charge in [0.15, 0.2) is 0 Å². The van der Waals surface area contributed by atoms with Crippen molar-refractivity contribution >= 4 is 15.9 Å². The average Bonchev–Trinajstić information content (AvgIpc) is 2.91. The fourth-order valence-corrected chi connectivity index (χ4v) is 4.52. The van der Waals surface area contributed by atoms with Crippen LogP contribution in [0.15, 0.2) is 22.7 Å². The molecule has 1 saturated heterocycles. The Bertz CT molecular complexity index is 500. The Balaban J connectivity index is 1.84. The van der Waals surface area contributed by atoms with Crippen LogP contribution in [-0.2, 0) is 4.74 Å². The molecule has 1 aromatic carbocycles. The highest BCUT2D eigenvalue weighted by Crippen LogP contribution is 2.45. The van der Waals surface area contributed by atoms with Gasteiger partial charge in [-0.15, -0.1) is 0 Å². The predicted molar refractivity (Wildman–Crippen MR) is 88.8 cm³/mol. The summed E-state index contributed by atoms with van der Waals surface area (Å²) >= 11 is 3.58. The van der Waals surface area contributed by atoms with Gasteiger partial charge in [0.05, 0.1) is 5.60 Å². The molecule has 0 aromatic heterocycles. The number of nitrogens with one attached hydrogen (secondary N) is 1. The fraction of sp³-hybridized carbons (Fsp3) is 0.647. The lowest BCUT2D eigenvalue weighted by Crippen LogP contribution is -2.43. The molecule has 0 radical (unpaired) electrons. The van der Waals surface area contributed by atoms with Gasteiger partial charge >= 0.3 is 0 Å². The van der Waals surface area contributed by atoms with E-state index < -0.39 is 0 Å². The third-order valence-corrected chi connectivity index (χ3v) is 5.77. The maximum Gasteiger partial charge on any atom is 0.0686 e. The average molecular weight is 353 g/mol. The number of halogens is 1. The SMILES string of the molecule is Cc1ccc(Br)cc1C(NN)C1CCOC2(CCCC2)C1. The van der Waals surface area contributed by atoms with Crippen molar-refractivity contribution < 1.29 is 4.74 Å². The van der Waals surface area contributed by atoms with E-state index in [0.29, 0.717) is 5.92 Å². The highest BCUT2D eigenvalue weighted by molar-refractivity contribution is 9.10. The molecule has 1 aliphatic heterocycles. The van der Waals surface area contributed by atoms with Gasteiger partial charge in [0.2, 0.25) is 0 Å². The van der Waals surface area contributed by atoms with Crippen LogP contribution in [0.3, 0.4) is 0 Å². The normalized spacial score (nSPS) is 26.1. The Morgan fingerprint density at radius 3 is 2.86 bits per heavy atom. The molecule has 0 amide bonds. The van der Waals surface area contributed by atoms with E-state index in [4.69, 9.17) is 10.6 Å². The first-order chi connectivity index (χ1) is 10.1. The molecular formula is C17H25BrN2O. The highest BCUT2D eigenvalue weighted by Gasteiger charge is 2.42. The van der Waals surface area contributed by atoms with Crippen molar-refractivity contribution in [2.45, 2.75) is 57.1 Å². The third-order valence-electron chi connectivity index (χ3n) is 5.27. The van der Waals surface area contributed by atoms with Crippen molar-refractivity contribution in [3.8, 4) is 0 Å². The van der Waals surface area contributed by atoms with Crippen LogP contribution in [0.4, 0.5) is 0 Å². The molecule has 2 fully saturated rings. The molecule has 2 unspecified atom stereocenters. The number of hydrogen-bond donors (Lipinski definition) is 2.